The van der Waals surface area contributed by atoms with Crippen LogP contribution in [0.25, 0.3) is 0 Å². The first kappa shape index (κ1) is 13.9. The molecule has 6 nitrogen and oxygen atoms in total. The van der Waals surface area contributed by atoms with Crippen molar-refractivity contribution in [2.75, 3.05) is 12.3 Å². The monoisotopic (exact) mass is 303 g/mol. The number of nitrogens with zero attached hydrogens (tertiary/aromatic N) is 3. The Balaban J connectivity index is 1.69. The van der Waals surface area contributed by atoms with Crippen LogP contribution in [0.2, 0.25) is 0 Å². The summed E-state index contributed by atoms with van der Waals surface area (Å²) >= 11 is 1.76. The van der Waals surface area contributed by atoms with Crippen LogP contribution in [-0.4, -0.2) is 27.4 Å². The third kappa shape index (κ3) is 2.87. The average molecular weight is 303 g/mol. The molecule has 2 heterocycles. The number of thiazole rings is 1. The maximum absolute atomic E-state index is 12.1. The molecule has 0 fully saturated rings. The number of carbonyl (C=O) groups excluding carboxylic acids is 1. The van der Waals surface area contributed by atoms with E-state index in [-0.39, 0.29) is 23.3 Å². The van der Waals surface area contributed by atoms with Gasteiger partial charge in [0.05, 0.1) is 10.7 Å². The molecular weight excluding hydrogens is 286 g/mol. The lowest BCUT2D eigenvalue weighted by atomic mass is 9.91. The van der Waals surface area contributed by atoms with E-state index in [0.717, 1.165) is 30.0 Å². The molecular formula is C14H17N5OS. The van der Waals surface area contributed by atoms with Gasteiger partial charge in [-0.1, -0.05) is 0 Å². The zero-order valence-electron chi connectivity index (χ0n) is 11.8. The SMILES string of the molecule is Cc1nc2c(s1)CCCC2CNC(=O)c1nccnc1N. The Morgan fingerprint density at radius 1 is 1.48 bits per heavy atom. The number of aryl methyl sites for hydroxylation is 2. The van der Waals surface area contributed by atoms with Crippen molar-refractivity contribution in [3.8, 4) is 0 Å². The quantitative estimate of drug-likeness (QED) is 0.899. The summed E-state index contributed by atoms with van der Waals surface area (Å²) in [6.45, 7) is 2.59. The molecule has 7 heteroatoms. The molecule has 21 heavy (non-hydrogen) atoms. The number of hydrogen-bond donors (Lipinski definition) is 2. The minimum absolute atomic E-state index is 0.156. The van der Waals surface area contributed by atoms with Gasteiger partial charge in [0.2, 0.25) is 0 Å². The number of fused-ring (bicyclic) bond motifs is 1. The summed E-state index contributed by atoms with van der Waals surface area (Å²) in [6.07, 6.45) is 6.22. The van der Waals surface area contributed by atoms with Crippen molar-refractivity contribution in [3.63, 3.8) is 0 Å². The number of rotatable bonds is 3. The summed E-state index contributed by atoms with van der Waals surface area (Å²) in [4.78, 5) is 25.9. The van der Waals surface area contributed by atoms with Crippen molar-refractivity contribution >= 4 is 23.1 Å². The van der Waals surface area contributed by atoms with Crippen molar-refractivity contribution in [2.45, 2.75) is 32.1 Å². The lowest BCUT2D eigenvalue weighted by Gasteiger charge is -2.21. The third-order valence-electron chi connectivity index (χ3n) is 3.63. The van der Waals surface area contributed by atoms with Crippen molar-refractivity contribution in [1.82, 2.24) is 20.3 Å². The van der Waals surface area contributed by atoms with Crippen LogP contribution < -0.4 is 11.1 Å². The van der Waals surface area contributed by atoms with Crippen LogP contribution in [0, 0.1) is 6.92 Å². The van der Waals surface area contributed by atoms with Gasteiger partial charge in [-0.2, -0.15) is 0 Å². The number of hydrogen-bond acceptors (Lipinski definition) is 6. The highest BCUT2D eigenvalue weighted by molar-refractivity contribution is 7.11. The fourth-order valence-electron chi connectivity index (χ4n) is 2.65. The standard InChI is InChI=1S/C14H17N5OS/c1-8-19-11-9(3-2-4-10(11)21-8)7-18-14(20)12-13(15)17-6-5-16-12/h5-6,9H,2-4,7H2,1H3,(H2,15,17)(H,18,20). The van der Waals surface area contributed by atoms with Crippen LogP contribution >= 0.6 is 11.3 Å². The van der Waals surface area contributed by atoms with Crippen molar-refractivity contribution in [3.05, 3.63) is 33.7 Å². The molecule has 0 bridgehead atoms. The summed E-state index contributed by atoms with van der Waals surface area (Å²) in [7, 11) is 0. The molecule has 0 saturated carbocycles. The van der Waals surface area contributed by atoms with Gasteiger partial charge in [0, 0.05) is 29.7 Å². The summed E-state index contributed by atoms with van der Waals surface area (Å²) in [5, 5.41) is 4.00. The molecule has 1 aliphatic rings. The molecule has 1 atom stereocenters. The summed E-state index contributed by atoms with van der Waals surface area (Å²) in [5.74, 6) is 0.157. The number of carbonyl (C=O) groups is 1. The van der Waals surface area contributed by atoms with Gasteiger partial charge in [-0.15, -0.1) is 11.3 Å². The Kier molecular flexibility index (Phi) is 3.83. The van der Waals surface area contributed by atoms with E-state index in [9.17, 15) is 4.79 Å². The fourth-order valence-corrected chi connectivity index (χ4v) is 3.72. The molecule has 1 aliphatic carbocycles. The van der Waals surface area contributed by atoms with Gasteiger partial charge in [0.25, 0.3) is 5.91 Å². The lowest BCUT2D eigenvalue weighted by molar-refractivity contribution is 0.0946. The highest BCUT2D eigenvalue weighted by Crippen LogP contribution is 2.34. The third-order valence-corrected chi connectivity index (χ3v) is 4.67. The first-order valence-electron chi connectivity index (χ1n) is 6.96. The van der Waals surface area contributed by atoms with E-state index in [2.05, 4.69) is 20.3 Å². The normalized spacial score (nSPS) is 17.3. The first-order valence-corrected chi connectivity index (χ1v) is 7.77. The van der Waals surface area contributed by atoms with E-state index in [1.807, 2.05) is 6.92 Å². The van der Waals surface area contributed by atoms with E-state index in [1.54, 1.807) is 11.3 Å². The molecule has 0 spiro atoms. The predicted octanol–water partition coefficient (Wildman–Crippen LogP) is 1.67. The fraction of sp³-hybridized carbons (Fsp3) is 0.429. The van der Waals surface area contributed by atoms with Gasteiger partial charge in [0.1, 0.15) is 0 Å². The van der Waals surface area contributed by atoms with Gasteiger partial charge >= 0.3 is 0 Å². The number of nitrogens with one attached hydrogen (secondary N) is 1. The van der Waals surface area contributed by atoms with E-state index >= 15 is 0 Å². The van der Waals surface area contributed by atoms with Crippen molar-refractivity contribution in [1.29, 1.82) is 0 Å². The van der Waals surface area contributed by atoms with E-state index in [1.165, 1.54) is 17.3 Å². The first-order chi connectivity index (χ1) is 10.1. The number of anilines is 1. The summed E-state index contributed by atoms with van der Waals surface area (Å²) < 4.78 is 0. The highest BCUT2D eigenvalue weighted by Gasteiger charge is 2.25. The Morgan fingerprint density at radius 3 is 3.10 bits per heavy atom. The van der Waals surface area contributed by atoms with Crippen molar-refractivity contribution in [2.24, 2.45) is 0 Å². The Hall–Kier alpha value is -2.02. The molecule has 1 unspecified atom stereocenters. The second-order valence-corrected chi connectivity index (χ2v) is 6.42. The van der Waals surface area contributed by atoms with E-state index in [4.69, 9.17) is 5.73 Å². The Morgan fingerprint density at radius 2 is 2.29 bits per heavy atom. The maximum atomic E-state index is 12.1. The lowest BCUT2D eigenvalue weighted by Crippen LogP contribution is -2.31. The molecule has 3 rings (SSSR count). The second-order valence-electron chi connectivity index (χ2n) is 5.13. The number of nitrogens with two attached hydrogens (primary N) is 1. The van der Waals surface area contributed by atoms with Crippen LogP contribution in [0.15, 0.2) is 12.4 Å². The van der Waals surface area contributed by atoms with E-state index in [0.29, 0.717) is 6.54 Å². The molecule has 1 amide bonds. The minimum atomic E-state index is -0.278. The predicted molar refractivity (Wildman–Crippen MR) is 81.3 cm³/mol. The van der Waals surface area contributed by atoms with Gasteiger partial charge < -0.3 is 11.1 Å². The topological polar surface area (TPSA) is 93.8 Å². The summed E-state index contributed by atoms with van der Waals surface area (Å²) in [6, 6.07) is 0. The average Bonchev–Trinajstić information content (AvgIpc) is 2.86. The molecule has 0 radical (unpaired) electrons. The van der Waals surface area contributed by atoms with Crippen molar-refractivity contribution < 1.29 is 4.79 Å². The zero-order chi connectivity index (χ0) is 14.8. The molecule has 110 valence electrons. The molecule has 2 aromatic rings. The zero-order valence-corrected chi connectivity index (χ0v) is 12.6. The van der Waals surface area contributed by atoms with Crippen LogP contribution in [0.3, 0.4) is 0 Å². The van der Waals surface area contributed by atoms with Crippen LogP contribution in [-0.2, 0) is 6.42 Å². The molecule has 0 aliphatic heterocycles. The molecule has 0 saturated heterocycles. The van der Waals surface area contributed by atoms with Crippen LogP contribution in [0.1, 0.15) is 44.8 Å². The number of amides is 1. The summed E-state index contributed by atoms with van der Waals surface area (Å²) in [5.41, 5.74) is 7.00. The van der Waals surface area contributed by atoms with E-state index < -0.39 is 0 Å². The van der Waals surface area contributed by atoms with Gasteiger partial charge in [-0.3, -0.25) is 4.79 Å². The van der Waals surface area contributed by atoms with Crippen LogP contribution in [0.5, 0.6) is 0 Å². The van der Waals surface area contributed by atoms with Gasteiger partial charge in [-0.05, 0) is 26.2 Å². The Labute approximate surface area is 126 Å². The maximum Gasteiger partial charge on any atom is 0.273 e. The Bertz CT molecular complexity index is 669. The molecule has 3 N–H and O–H groups in total. The van der Waals surface area contributed by atoms with Crippen LogP contribution in [0.4, 0.5) is 5.82 Å². The smallest absolute Gasteiger partial charge is 0.273 e. The number of nitrogen functional groups attached to an aromatic ring is 1. The minimum Gasteiger partial charge on any atom is -0.382 e. The molecule has 0 aromatic carbocycles. The van der Waals surface area contributed by atoms with Gasteiger partial charge in [-0.25, -0.2) is 15.0 Å². The largest absolute Gasteiger partial charge is 0.382 e. The van der Waals surface area contributed by atoms with Gasteiger partial charge in [0.15, 0.2) is 11.5 Å². The molecule has 2 aromatic heterocycles. The second kappa shape index (κ2) is 5.77. The number of aromatic nitrogens is 3. The highest BCUT2D eigenvalue weighted by atomic mass is 32.1.